The number of ether oxygens (including phenoxy) is 3. The van der Waals surface area contributed by atoms with Crippen LogP contribution in [0.2, 0.25) is 0 Å². The number of benzene rings is 6. The average Bonchev–Trinajstić information content (AvgIpc) is 3.32. The molecule has 6 aromatic rings. The van der Waals surface area contributed by atoms with E-state index >= 15 is 0 Å². The van der Waals surface area contributed by atoms with Crippen LogP contribution in [-0.2, 0) is 4.74 Å². The first kappa shape index (κ1) is 44.8. The van der Waals surface area contributed by atoms with Crippen LogP contribution in [-0.4, -0.2) is 24.8 Å². The van der Waals surface area contributed by atoms with Crippen molar-refractivity contribution in [2.45, 2.75) is 103 Å². The number of carbonyl (C=O) groups excluding carboxylic acids is 2. The molecular weight excluding hydrogens is 753 g/mol. The fourth-order valence-corrected chi connectivity index (χ4v) is 7.59. The second-order valence-electron chi connectivity index (χ2n) is 15.9. The van der Waals surface area contributed by atoms with Crippen LogP contribution >= 0.6 is 0 Å². The van der Waals surface area contributed by atoms with Gasteiger partial charge in [-0.25, -0.2) is 0 Å². The van der Waals surface area contributed by atoms with Crippen LogP contribution in [0.1, 0.15) is 157 Å². The lowest BCUT2D eigenvalue weighted by Gasteiger charge is -2.27. The molecule has 316 valence electrons. The summed E-state index contributed by atoms with van der Waals surface area (Å²) in [5.41, 5.74) is 6.27. The molecule has 0 bridgehead atoms. The van der Waals surface area contributed by atoms with Crippen molar-refractivity contribution in [1.82, 2.24) is 0 Å². The third kappa shape index (κ3) is 13.6. The van der Waals surface area contributed by atoms with Gasteiger partial charge in [0, 0.05) is 22.3 Å². The molecule has 0 N–H and O–H groups in total. The molecule has 5 heteroatoms. The summed E-state index contributed by atoms with van der Waals surface area (Å²) in [7, 11) is 0. The van der Waals surface area contributed by atoms with E-state index in [2.05, 4.69) is 38.1 Å². The highest BCUT2D eigenvalue weighted by Gasteiger charge is 2.24. The lowest BCUT2D eigenvalue weighted by molar-refractivity contribution is 0.0308. The van der Waals surface area contributed by atoms with Gasteiger partial charge in [-0.2, -0.15) is 0 Å². The highest BCUT2D eigenvalue weighted by Crippen LogP contribution is 2.36. The summed E-state index contributed by atoms with van der Waals surface area (Å²) in [4.78, 5) is 27.2. The quantitative estimate of drug-likeness (QED) is 0.0403. The van der Waals surface area contributed by atoms with Gasteiger partial charge < -0.3 is 14.2 Å². The van der Waals surface area contributed by atoms with Crippen molar-refractivity contribution >= 4 is 11.6 Å². The third-order valence-corrected chi connectivity index (χ3v) is 11.2. The molecule has 0 aliphatic heterocycles. The SMILES string of the molecule is CCCCCCCCOc1ccc(C(=O)c2ccc(C(OC(c3ccccc3)c3ccc(C(=O)c4ccc(OCCCCCCCC)cc4)cc3)c3ccccc3)cc2)cc1. The van der Waals surface area contributed by atoms with Gasteiger partial charge in [-0.3, -0.25) is 9.59 Å². The third-order valence-electron chi connectivity index (χ3n) is 11.2. The van der Waals surface area contributed by atoms with Crippen LogP contribution < -0.4 is 9.47 Å². The summed E-state index contributed by atoms with van der Waals surface area (Å²) in [5, 5.41) is 0. The van der Waals surface area contributed by atoms with E-state index in [0.717, 1.165) is 46.6 Å². The second-order valence-corrected chi connectivity index (χ2v) is 15.9. The Bertz CT molecular complexity index is 2000. The minimum Gasteiger partial charge on any atom is -0.494 e. The first-order chi connectivity index (χ1) is 30.0. The van der Waals surface area contributed by atoms with Gasteiger partial charge in [-0.05, 0) is 83.6 Å². The van der Waals surface area contributed by atoms with Gasteiger partial charge >= 0.3 is 0 Å². The maximum Gasteiger partial charge on any atom is 0.193 e. The topological polar surface area (TPSA) is 61.8 Å². The number of hydrogen-bond donors (Lipinski definition) is 0. The Labute approximate surface area is 364 Å². The van der Waals surface area contributed by atoms with Crippen LogP contribution in [0.15, 0.2) is 158 Å². The molecule has 2 unspecified atom stereocenters. The van der Waals surface area contributed by atoms with Gasteiger partial charge in [0.15, 0.2) is 11.6 Å². The molecular formula is C56H62O5. The van der Waals surface area contributed by atoms with Crippen molar-refractivity contribution in [3.05, 3.63) is 202 Å². The van der Waals surface area contributed by atoms with E-state index in [0.29, 0.717) is 35.5 Å². The van der Waals surface area contributed by atoms with Gasteiger partial charge in [-0.15, -0.1) is 0 Å². The average molecular weight is 815 g/mol. The molecule has 0 aromatic heterocycles. The first-order valence-corrected chi connectivity index (χ1v) is 22.5. The standard InChI is InChI=1S/C56H62O5/c1-3-5-7-9-11-19-41-59-51-37-33-45(34-38-51)53(57)43-25-29-49(30-26-43)55(47-21-15-13-16-22-47)61-56(48-23-17-14-18-24-48)50-31-27-44(28-32-50)54(58)46-35-39-52(40-36-46)60-42-20-12-10-8-6-4-2/h13-18,21-40,55-56H,3-12,19-20,41-42H2,1-2H3. The summed E-state index contributed by atoms with van der Waals surface area (Å²) < 4.78 is 19.0. The van der Waals surface area contributed by atoms with E-state index in [1.807, 2.05) is 133 Å². The lowest BCUT2D eigenvalue weighted by atomic mass is 9.95. The van der Waals surface area contributed by atoms with E-state index < -0.39 is 12.2 Å². The normalized spacial score (nSPS) is 12.1. The number of rotatable bonds is 26. The minimum absolute atomic E-state index is 0.0456. The molecule has 0 aliphatic rings. The van der Waals surface area contributed by atoms with Crippen LogP contribution in [0.25, 0.3) is 0 Å². The Kier molecular flexibility index (Phi) is 18.0. The Morgan fingerprint density at radius 2 is 0.656 bits per heavy atom. The molecule has 2 atom stereocenters. The molecule has 5 nitrogen and oxygen atoms in total. The fourth-order valence-electron chi connectivity index (χ4n) is 7.59. The van der Waals surface area contributed by atoms with Gasteiger partial charge in [0.1, 0.15) is 23.7 Å². The van der Waals surface area contributed by atoms with E-state index in [1.54, 1.807) is 0 Å². The molecule has 6 aromatic carbocycles. The number of ketones is 2. The maximum absolute atomic E-state index is 13.6. The maximum atomic E-state index is 13.6. The largest absolute Gasteiger partial charge is 0.494 e. The minimum atomic E-state index is -0.443. The summed E-state index contributed by atoms with van der Waals surface area (Å²) in [6.45, 7) is 5.84. The molecule has 0 heterocycles. The van der Waals surface area contributed by atoms with Crippen molar-refractivity contribution in [2.24, 2.45) is 0 Å². The van der Waals surface area contributed by atoms with E-state index in [1.165, 1.54) is 64.2 Å². The zero-order valence-electron chi connectivity index (χ0n) is 36.1. The van der Waals surface area contributed by atoms with Crippen molar-refractivity contribution in [3.63, 3.8) is 0 Å². The molecule has 0 radical (unpaired) electrons. The smallest absolute Gasteiger partial charge is 0.193 e. The molecule has 0 fully saturated rings. The summed E-state index contributed by atoms with van der Waals surface area (Å²) in [6.07, 6.45) is 13.7. The first-order valence-electron chi connectivity index (χ1n) is 22.5. The number of hydrogen-bond acceptors (Lipinski definition) is 5. The van der Waals surface area contributed by atoms with Crippen molar-refractivity contribution < 1.29 is 23.8 Å². The molecule has 61 heavy (non-hydrogen) atoms. The fraction of sp³-hybridized carbons (Fsp3) is 0.321. The molecule has 0 aliphatic carbocycles. The van der Waals surface area contributed by atoms with Gasteiger partial charge in [-0.1, -0.05) is 187 Å². The summed E-state index contributed by atoms with van der Waals surface area (Å²) in [6, 6.07) is 50.7. The monoisotopic (exact) mass is 814 g/mol. The van der Waals surface area contributed by atoms with Gasteiger partial charge in [0.25, 0.3) is 0 Å². The van der Waals surface area contributed by atoms with Crippen LogP contribution in [0.4, 0.5) is 0 Å². The lowest BCUT2D eigenvalue weighted by Crippen LogP contribution is -2.14. The Balaban J connectivity index is 1.13. The van der Waals surface area contributed by atoms with Gasteiger partial charge in [0.2, 0.25) is 0 Å². The Morgan fingerprint density at radius 1 is 0.361 bits per heavy atom. The molecule has 6 rings (SSSR count). The van der Waals surface area contributed by atoms with Crippen LogP contribution in [0, 0.1) is 0 Å². The molecule has 0 amide bonds. The summed E-state index contributed by atoms with van der Waals surface area (Å²) >= 11 is 0. The second kappa shape index (κ2) is 24.5. The number of carbonyl (C=O) groups is 2. The van der Waals surface area contributed by atoms with Crippen molar-refractivity contribution in [3.8, 4) is 11.5 Å². The molecule has 0 spiro atoms. The predicted octanol–water partition coefficient (Wildman–Crippen LogP) is 14.5. The predicted molar refractivity (Wildman–Crippen MR) is 248 cm³/mol. The van der Waals surface area contributed by atoms with Crippen LogP contribution in [0.3, 0.4) is 0 Å². The zero-order valence-corrected chi connectivity index (χ0v) is 36.1. The highest BCUT2D eigenvalue weighted by atomic mass is 16.5. The Morgan fingerprint density at radius 3 is 1.00 bits per heavy atom. The van der Waals surface area contributed by atoms with E-state index in [4.69, 9.17) is 14.2 Å². The highest BCUT2D eigenvalue weighted by molar-refractivity contribution is 6.09. The van der Waals surface area contributed by atoms with E-state index in [-0.39, 0.29) is 11.6 Å². The van der Waals surface area contributed by atoms with Gasteiger partial charge in [0.05, 0.1) is 13.2 Å². The summed E-state index contributed by atoms with van der Waals surface area (Å²) in [5.74, 6) is 1.48. The van der Waals surface area contributed by atoms with Crippen molar-refractivity contribution in [1.29, 1.82) is 0 Å². The molecule has 0 saturated carbocycles. The van der Waals surface area contributed by atoms with Crippen LogP contribution in [0.5, 0.6) is 11.5 Å². The van der Waals surface area contributed by atoms with Crippen molar-refractivity contribution in [2.75, 3.05) is 13.2 Å². The Hall–Kier alpha value is -5.78. The zero-order chi connectivity index (χ0) is 42.5. The number of unbranched alkanes of at least 4 members (excludes halogenated alkanes) is 10. The van der Waals surface area contributed by atoms with E-state index in [9.17, 15) is 9.59 Å². The molecule has 0 saturated heterocycles.